The number of anilines is 1. The summed E-state index contributed by atoms with van der Waals surface area (Å²) in [6, 6.07) is 21.5. The molecule has 4 rings (SSSR count). The fraction of sp³-hybridized carbons (Fsp3) is 0.333. The van der Waals surface area contributed by atoms with E-state index in [0.29, 0.717) is 0 Å². The molecule has 0 saturated carbocycles. The van der Waals surface area contributed by atoms with E-state index < -0.39 is 0 Å². The molecule has 1 heterocycles. The number of hydrogen-bond donors (Lipinski definition) is 0. The van der Waals surface area contributed by atoms with Gasteiger partial charge in [-0.25, -0.2) is 0 Å². The summed E-state index contributed by atoms with van der Waals surface area (Å²) in [4.78, 5) is 7.20. The third kappa shape index (κ3) is 5.27. The Morgan fingerprint density at radius 3 is 2.29 bits per heavy atom. The molecule has 0 bridgehead atoms. The molecule has 0 atom stereocenters. The molecule has 1 fully saturated rings. The van der Waals surface area contributed by atoms with Crippen LogP contribution >= 0.6 is 0 Å². The van der Waals surface area contributed by atoms with Crippen LogP contribution in [0.4, 0.5) is 5.69 Å². The number of ether oxygens (including phenoxy) is 1. The molecule has 4 heteroatoms. The van der Waals surface area contributed by atoms with Crippen molar-refractivity contribution in [2.75, 3.05) is 58.8 Å². The first-order chi connectivity index (χ1) is 15.1. The molecule has 0 radical (unpaired) electrons. The highest BCUT2D eigenvalue weighted by Gasteiger charge is 2.18. The second-order valence-electron chi connectivity index (χ2n) is 8.43. The second-order valence-corrected chi connectivity index (χ2v) is 8.43. The summed E-state index contributed by atoms with van der Waals surface area (Å²) in [5, 5.41) is 2.58. The number of piperazine rings is 1. The number of hydrogen-bond acceptors (Lipinski definition) is 4. The minimum atomic E-state index is 0.937. The molecule has 31 heavy (non-hydrogen) atoms. The molecule has 4 nitrogen and oxygen atoms in total. The predicted octanol–water partition coefficient (Wildman–Crippen LogP) is 4.75. The second kappa shape index (κ2) is 9.99. The number of nitrogens with zero attached hydrogens (tertiary/aromatic N) is 3. The lowest BCUT2D eigenvalue weighted by Gasteiger charge is -2.34. The maximum absolute atomic E-state index is 5.68. The van der Waals surface area contributed by atoms with Crippen LogP contribution in [0.15, 0.2) is 66.7 Å². The predicted molar refractivity (Wildman–Crippen MR) is 132 cm³/mol. The third-order valence-corrected chi connectivity index (χ3v) is 6.15. The van der Waals surface area contributed by atoms with E-state index in [1.807, 2.05) is 0 Å². The van der Waals surface area contributed by atoms with E-state index in [2.05, 4.69) is 102 Å². The fourth-order valence-corrected chi connectivity index (χ4v) is 4.25. The Balaban J connectivity index is 1.32. The Labute approximate surface area is 186 Å². The molecule has 1 aliphatic rings. The summed E-state index contributed by atoms with van der Waals surface area (Å²) < 4.78 is 5.68. The van der Waals surface area contributed by atoms with Gasteiger partial charge in [0, 0.05) is 64.6 Å². The lowest BCUT2D eigenvalue weighted by molar-refractivity contribution is 0.136. The van der Waals surface area contributed by atoms with Gasteiger partial charge in [-0.2, -0.15) is 0 Å². The SMILES string of the molecule is COc1ccc2ccccc2c1CN1CCN(CC=Cc2ccc(N(C)C)cc2)CC1. The quantitative estimate of drug-likeness (QED) is 0.554. The molecule has 3 aromatic carbocycles. The zero-order valence-corrected chi connectivity index (χ0v) is 18.9. The van der Waals surface area contributed by atoms with Crippen molar-refractivity contribution in [2.45, 2.75) is 6.54 Å². The van der Waals surface area contributed by atoms with E-state index in [0.717, 1.165) is 45.0 Å². The highest BCUT2D eigenvalue weighted by atomic mass is 16.5. The van der Waals surface area contributed by atoms with Gasteiger partial charge in [0.15, 0.2) is 0 Å². The summed E-state index contributed by atoms with van der Waals surface area (Å²) >= 11 is 0. The number of methoxy groups -OCH3 is 1. The van der Waals surface area contributed by atoms with Crippen molar-refractivity contribution in [3.05, 3.63) is 77.9 Å². The minimum Gasteiger partial charge on any atom is -0.496 e. The van der Waals surface area contributed by atoms with Gasteiger partial charge in [-0.15, -0.1) is 0 Å². The molecule has 1 aliphatic heterocycles. The monoisotopic (exact) mass is 415 g/mol. The summed E-state index contributed by atoms with van der Waals surface area (Å²) in [5.41, 5.74) is 3.79. The first-order valence-corrected chi connectivity index (χ1v) is 11.1. The topological polar surface area (TPSA) is 19.0 Å². The first-order valence-electron chi connectivity index (χ1n) is 11.1. The van der Waals surface area contributed by atoms with Gasteiger partial charge in [0.1, 0.15) is 5.75 Å². The van der Waals surface area contributed by atoms with Crippen LogP contribution in [-0.2, 0) is 6.54 Å². The van der Waals surface area contributed by atoms with Crippen LogP contribution < -0.4 is 9.64 Å². The summed E-state index contributed by atoms with van der Waals surface area (Å²) in [6.07, 6.45) is 4.51. The van der Waals surface area contributed by atoms with Crippen molar-refractivity contribution in [3.63, 3.8) is 0 Å². The number of fused-ring (bicyclic) bond motifs is 1. The van der Waals surface area contributed by atoms with Crippen LogP contribution in [0.1, 0.15) is 11.1 Å². The lowest BCUT2D eigenvalue weighted by atomic mass is 10.0. The highest BCUT2D eigenvalue weighted by molar-refractivity contribution is 5.87. The zero-order valence-electron chi connectivity index (χ0n) is 18.9. The lowest BCUT2D eigenvalue weighted by Crippen LogP contribution is -2.45. The normalized spacial score (nSPS) is 15.6. The van der Waals surface area contributed by atoms with E-state index in [1.165, 1.54) is 27.6 Å². The van der Waals surface area contributed by atoms with Gasteiger partial charge >= 0.3 is 0 Å². The highest BCUT2D eigenvalue weighted by Crippen LogP contribution is 2.29. The fourth-order valence-electron chi connectivity index (χ4n) is 4.25. The largest absolute Gasteiger partial charge is 0.496 e. The van der Waals surface area contributed by atoms with E-state index in [9.17, 15) is 0 Å². The van der Waals surface area contributed by atoms with Crippen molar-refractivity contribution >= 4 is 22.5 Å². The Morgan fingerprint density at radius 1 is 0.871 bits per heavy atom. The van der Waals surface area contributed by atoms with Gasteiger partial charge in [0.25, 0.3) is 0 Å². The molecule has 0 unspecified atom stereocenters. The maximum Gasteiger partial charge on any atom is 0.123 e. The summed E-state index contributed by atoms with van der Waals surface area (Å²) in [5.74, 6) is 0.990. The number of rotatable bonds is 7. The standard InChI is InChI=1S/C27H33N3O/c1-28(2)24-13-10-22(11-14-24)7-6-16-29-17-19-30(20-18-29)21-26-25-9-5-4-8-23(25)12-15-27(26)31-3/h4-15H,16-21H2,1-3H3. The zero-order chi connectivity index (χ0) is 21.6. The third-order valence-electron chi connectivity index (χ3n) is 6.15. The van der Waals surface area contributed by atoms with Crippen molar-refractivity contribution in [1.82, 2.24) is 9.80 Å². The van der Waals surface area contributed by atoms with Crippen LogP contribution in [0.25, 0.3) is 16.8 Å². The van der Waals surface area contributed by atoms with Crippen LogP contribution in [0.2, 0.25) is 0 Å². The van der Waals surface area contributed by atoms with Crippen molar-refractivity contribution in [3.8, 4) is 5.75 Å². The molecular weight excluding hydrogens is 382 g/mol. The van der Waals surface area contributed by atoms with Crippen molar-refractivity contribution in [2.24, 2.45) is 0 Å². The average Bonchev–Trinajstić information content (AvgIpc) is 2.81. The molecule has 0 aliphatic carbocycles. The first kappa shape index (κ1) is 21.4. The van der Waals surface area contributed by atoms with Gasteiger partial charge in [0.05, 0.1) is 7.11 Å². The maximum atomic E-state index is 5.68. The van der Waals surface area contributed by atoms with Crippen molar-refractivity contribution in [1.29, 1.82) is 0 Å². The molecule has 0 spiro atoms. The van der Waals surface area contributed by atoms with E-state index in [-0.39, 0.29) is 0 Å². The Bertz CT molecular complexity index is 1020. The van der Waals surface area contributed by atoms with Gasteiger partial charge in [-0.1, -0.05) is 54.6 Å². The van der Waals surface area contributed by atoms with Crippen molar-refractivity contribution < 1.29 is 4.74 Å². The molecular formula is C27H33N3O. The van der Waals surface area contributed by atoms with Crippen LogP contribution in [0.3, 0.4) is 0 Å². The van der Waals surface area contributed by atoms with Crippen LogP contribution in [0, 0.1) is 0 Å². The van der Waals surface area contributed by atoms with Gasteiger partial charge < -0.3 is 9.64 Å². The Kier molecular flexibility index (Phi) is 6.90. The Hall–Kier alpha value is -2.82. The van der Waals surface area contributed by atoms with Gasteiger partial charge in [0.2, 0.25) is 0 Å². The molecule has 3 aromatic rings. The average molecular weight is 416 g/mol. The molecule has 0 aromatic heterocycles. The van der Waals surface area contributed by atoms with Crippen LogP contribution in [-0.4, -0.2) is 63.7 Å². The summed E-state index contributed by atoms with van der Waals surface area (Å²) in [6.45, 7) is 6.29. The smallest absolute Gasteiger partial charge is 0.123 e. The molecule has 162 valence electrons. The minimum absolute atomic E-state index is 0.937. The van der Waals surface area contributed by atoms with E-state index in [1.54, 1.807) is 7.11 Å². The molecule has 0 N–H and O–H groups in total. The van der Waals surface area contributed by atoms with Gasteiger partial charge in [-0.05, 0) is 34.5 Å². The molecule has 1 saturated heterocycles. The van der Waals surface area contributed by atoms with E-state index >= 15 is 0 Å². The Morgan fingerprint density at radius 2 is 1.58 bits per heavy atom. The van der Waals surface area contributed by atoms with Gasteiger partial charge in [-0.3, -0.25) is 9.80 Å². The number of benzene rings is 3. The summed E-state index contributed by atoms with van der Waals surface area (Å²) in [7, 11) is 5.91. The van der Waals surface area contributed by atoms with Crippen LogP contribution in [0.5, 0.6) is 5.75 Å². The van der Waals surface area contributed by atoms with E-state index in [4.69, 9.17) is 4.74 Å². The molecule has 0 amide bonds.